The first-order chi connectivity index (χ1) is 10.3. The van der Waals surface area contributed by atoms with Crippen molar-refractivity contribution in [1.29, 1.82) is 0 Å². The molecule has 5 heteroatoms. The zero-order valence-corrected chi connectivity index (χ0v) is 13.7. The van der Waals surface area contributed by atoms with Crippen molar-refractivity contribution in [3.05, 3.63) is 35.9 Å². The van der Waals surface area contributed by atoms with Gasteiger partial charge in [-0.2, -0.15) is 0 Å². The lowest BCUT2D eigenvalue weighted by Crippen LogP contribution is -2.51. The van der Waals surface area contributed by atoms with E-state index < -0.39 is 6.10 Å². The van der Waals surface area contributed by atoms with Crippen LogP contribution in [0.4, 0.5) is 0 Å². The van der Waals surface area contributed by atoms with Crippen molar-refractivity contribution in [2.45, 2.75) is 37.5 Å². The lowest BCUT2D eigenvalue weighted by molar-refractivity contribution is 0.0513. The molecule has 0 spiro atoms. The van der Waals surface area contributed by atoms with Crippen molar-refractivity contribution in [1.82, 2.24) is 10.6 Å². The summed E-state index contributed by atoms with van der Waals surface area (Å²) in [6.07, 6.45) is 3.29. The van der Waals surface area contributed by atoms with E-state index in [2.05, 4.69) is 10.6 Å². The SMILES string of the molecule is Cl.OC(CNC1CCCC1C1COCCN1)c1ccccc1. The molecule has 124 valence electrons. The highest BCUT2D eigenvalue weighted by Gasteiger charge is 2.34. The predicted octanol–water partition coefficient (Wildman–Crippen LogP) is 1.89. The zero-order valence-electron chi connectivity index (χ0n) is 12.9. The molecule has 2 fully saturated rings. The summed E-state index contributed by atoms with van der Waals surface area (Å²) in [4.78, 5) is 0. The van der Waals surface area contributed by atoms with Gasteiger partial charge in [-0.1, -0.05) is 36.8 Å². The zero-order chi connectivity index (χ0) is 14.5. The molecule has 0 bridgehead atoms. The molecule has 1 heterocycles. The largest absolute Gasteiger partial charge is 0.387 e. The number of rotatable bonds is 5. The highest BCUT2D eigenvalue weighted by Crippen LogP contribution is 2.29. The predicted molar refractivity (Wildman–Crippen MR) is 90.4 cm³/mol. The summed E-state index contributed by atoms with van der Waals surface area (Å²) >= 11 is 0. The molecule has 2 aliphatic rings. The highest BCUT2D eigenvalue weighted by molar-refractivity contribution is 5.85. The number of morpholine rings is 1. The Hall–Kier alpha value is -0.650. The summed E-state index contributed by atoms with van der Waals surface area (Å²) < 4.78 is 5.60. The molecule has 22 heavy (non-hydrogen) atoms. The standard InChI is InChI=1S/C17H26N2O2.ClH/c20-17(13-5-2-1-3-6-13)11-19-15-8-4-7-14(15)16-12-21-10-9-18-16;/h1-3,5-6,14-20H,4,7-12H2;1H. The third kappa shape index (κ3) is 4.43. The lowest BCUT2D eigenvalue weighted by atomic mass is 9.93. The van der Waals surface area contributed by atoms with Crippen LogP contribution in [0.5, 0.6) is 0 Å². The molecule has 1 aliphatic heterocycles. The molecule has 1 aromatic rings. The molecular weight excluding hydrogens is 300 g/mol. The average molecular weight is 327 g/mol. The molecule has 3 N–H and O–H groups in total. The molecule has 4 atom stereocenters. The summed E-state index contributed by atoms with van der Waals surface area (Å²) in [6, 6.07) is 10.8. The second-order valence-electron chi connectivity index (χ2n) is 6.17. The van der Waals surface area contributed by atoms with Crippen LogP contribution in [0.3, 0.4) is 0 Å². The number of halogens is 1. The Labute approximate surface area is 139 Å². The van der Waals surface area contributed by atoms with E-state index in [1.165, 1.54) is 19.3 Å². The second kappa shape index (κ2) is 8.85. The Balaban J connectivity index is 0.00000176. The van der Waals surface area contributed by atoms with Crippen molar-refractivity contribution < 1.29 is 9.84 Å². The maximum absolute atomic E-state index is 10.3. The third-order valence-electron chi connectivity index (χ3n) is 4.79. The smallest absolute Gasteiger partial charge is 0.0914 e. The summed E-state index contributed by atoms with van der Waals surface area (Å²) in [5.41, 5.74) is 0.985. The van der Waals surface area contributed by atoms with Crippen LogP contribution < -0.4 is 10.6 Å². The lowest BCUT2D eigenvalue weighted by Gasteiger charge is -2.33. The van der Waals surface area contributed by atoms with E-state index in [1.54, 1.807) is 0 Å². The van der Waals surface area contributed by atoms with Crippen LogP contribution in [0.25, 0.3) is 0 Å². The molecule has 1 saturated heterocycles. The van der Waals surface area contributed by atoms with Crippen LogP contribution >= 0.6 is 12.4 Å². The molecule has 0 aromatic heterocycles. The van der Waals surface area contributed by atoms with Gasteiger partial charge in [0.05, 0.1) is 19.3 Å². The first-order valence-corrected chi connectivity index (χ1v) is 8.12. The van der Waals surface area contributed by atoms with Crippen molar-refractivity contribution in [2.24, 2.45) is 5.92 Å². The number of hydrogen-bond donors (Lipinski definition) is 3. The normalized spacial score (nSPS) is 29.8. The first kappa shape index (κ1) is 17.7. The average Bonchev–Trinajstić information content (AvgIpc) is 3.03. The fourth-order valence-corrected chi connectivity index (χ4v) is 3.64. The van der Waals surface area contributed by atoms with E-state index in [0.717, 1.165) is 25.3 Å². The van der Waals surface area contributed by atoms with Crippen LogP contribution in [0.15, 0.2) is 30.3 Å². The Bertz CT molecular complexity index is 426. The molecular formula is C17H27ClN2O2. The summed E-state index contributed by atoms with van der Waals surface area (Å²) in [6.45, 7) is 3.23. The van der Waals surface area contributed by atoms with Crippen LogP contribution in [0.2, 0.25) is 0 Å². The number of hydrogen-bond acceptors (Lipinski definition) is 4. The second-order valence-corrected chi connectivity index (χ2v) is 6.17. The number of aliphatic hydroxyl groups is 1. The van der Waals surface area contributed by atoms with E-state index in [9.17, 15) is 5.11 Å². The van der Waals surface area contributed by atoms with Gasteiger partial charge in [0.25, 0.3) is 0 Å². The van der Waals surface area contributed by atoms with Gasteiger partial charge in [-0.25, -0.2) is 0 Å². The van der Waals surface area contributed by atoms with Crippen molar-refractivity contribution in [3.63, 3.8) is 0 Å². The van der Waals surface area contributed by atoms with Gasteiger partial charge in [0.2, 0.25) is 0 Å². The van der Waals surface area contributed by atoms with Crippen LogP contribution in [0, 0.1) is 5.92 Å². The van der Waals surface area contributed by atoms with E-state index in [-0.39, 0.29) is 12.4 Å². The number of benzene rings is 1. The monoisotopic (exact) mass is 326 g/mol. The van der Waals surface area contributed by atoms with E-state index in [4.69, 9.17) is 4.74 Å². The van der Waals surface area contributed by atoms with Crippen molar-refractivity contribution in [3.8, 4) is 0 Å². The van der Waals surface area contributed by atoms with Gasteiger partial charge < -0.3 is 20.5 Å². The van der Waals surface area contributed by atoms with Gasteiger partial charge >= 0.3 is 0 Å². The minimum Gasteiger partial charge on any atom is -0.387 e. The number of ether oxygens (including phenoxy) is 1. The number of aliphatic hydroxyl groups excluding tert-OH is 1. The van der Waals surface area contributed by atoms with E-state index >= 15 is 0 Å². The fourth-order valence-electron chi connectivity index (χ4n) is 3.64. The molecule has 4 unspecified atom stereocenters. The van der Waals surface area contributed by atoms with Crippen molar-refractivity contribution >= 4 is 12.4 Å². The van der Waals surface area contributed by atoms with Crippen LogP contribution in [0.1, 0.15) is 30.9 Å². The fraction of sp³-hybridized carbons (Fsp3) is 0.647. The Morgan fingerprint density at radius 2 is 2.09 bits per heavy atom. The third-order valence-corrected chi connectivity index (χ3v) is 4.79. The molecule has 1 aromatic carbocycles. The molecule has 0 radical (unpaired) electrons. The summed E-state index contributed by atoms with van der Waals surface area (Å²) in [7, 11) is 0. The quantitative estimate of drug-likeness (QED) is 0.773. The van der Waals surface area contributed by atoms with Gasteiger partial charge in [-0.3, -0.25) is 0 Å². The molecule has 3 rings (SSSR count). The van der Waals surface area contributed by atoms with Gasteiger partial charge in [-0.05, 0) is 24.3 Å². The van der Waals surface area contributed by atoms with Crippen LogP contribution in [-0.2, 0) is 4.74 Å². The minimum absolute atomic E-state index is 0. The number of nitrogens with one attached hydrogen (secondary N) is 2. The minimum atomic E-state index is -0.428. The highest BCUT2D eigenvalue weighted by atomic mass is 35.5. The molecule has 0 amide bonds. The first-order valence-electron chi connectivity index (χ1n) is 8.12. The summed E-state index contributed by atoms with van der Waals surface area (Å²) in [5.74, 6) is 0.619. The van der Waals surface area contributed by atoms with Gasteiger partial charge in [0, 0.05) is 25.2 Å². The molecule has 4 nitrogen and oxygen atoms in total. The van der Waals surface area contributed by atoms with Gasteiger partial charge in [-0.15, -0.1) is 12.4 Å². The van der Waals surface area contributed by atoms with E-state index in [1.807, 2.05) is 30.3 Å². The van der Waals surface area contributed by atoms with Crippen molar-refractivity contribution in [2.75, 3.05) is 26.3 Å². The molecule has 1 aliphatic carbocycles. The van der Waals surface area contributed by atoms with Crippen LogP contribution in [-0.4, -0.2) is 43.5 Å². The summed E-state index contributed by atoms with van der Waals surface area (Å²) in [5, 5.41) is 17.4. The Kier molecular flexibility index (Phi) is 7.12. The topological polar surface area (TPSA) is 53.5 Å². The maximum atomic E-state index is 10.3. The van der Waals surface area contributed by atoms with Gasteiger partial charge in [0.15, 0.2) is 0 Å². The molecule has 1 saturated carbocycles. The Morgan fingerprint density at radius 3 is 2.82 bits per heavy atom. The van der Waals surface area contributed by atoms with Gasteiger partial charge in [0.1, 0.15) is 0 Å². The maximum Gasteiger partial charge on any atom is 0.0914 e. The Morgan fingerprint density at radius 1 is 1.27 bits per heavy atom. The van der Waals surface area contributed by atoms with E-state index in [0.29, 0.717) is 24.5 Å².